The first-order valence-corrected chi connectivity index (χ1v) is 6.65. The van der Waals surface area contributed by atoms with Gasteiger partial charge < -0.3 is 10.5 Å². The summed E-state index contributed by atoms with van der Waals surface area (Å²) in [5, 5.41) is 0. The molecule has 2 rings (SSSR count). The molecular weight excluding hydrogens is 290 g/mol. The second-order valence-corrected chi connectivity index (χ2v) is 5.19. The van der Waals surface area contributed by atoms with E-state index < -0.39 is 0 Å². The van der Waals surface area contributed by atoms with Crippen molar-refractivity contribution in [3.63, 3.8) is 0 Å². The van der Waals surface area contributed by atoms with E-state index in [4.69, 9.17) is 10.5 Å². The number of nitrogens with two attached hydrogens (primary N) is 1. The molecule has 1 atom stereocenters. The molecule has 0 heterocycles. The van der Waals surface area contributed by atoms with Gasteiger partial charge in [0.15, 0.2) is 0 Å². The van der Waals surface area contributed by atoms with Gasteiger partial charge in [0.05, 0.1) is 0 Å². The molecular formula is C15H16BrNO. The van der Waals surface area contributed by atoms with E-state index in [1.54, 1.807) is 0 Å². The largest absolute Gasteiger partial charge is 0.457 e. The van der Waals surface area contributed by atoms with E-state index >= 15 is 0 Å². The number of rotatable bonds is 3. The second kappa shape index (κ2) is 5.55. The maximum atomic E-state index is 5.87. The zero-order valence-corrected chi connectivity index (χ0v) is 12.1. The molecule has 0 radical (unpaired) electrons. The topological polar surface area (TPSA) is 35.2 Å². The van der Waals surface area contributed by atoms with Crippen LogP contribution in [0.4, 0.5) is 0 Å². The fourth-order valence-corrected chi connectivity index (χ4v) is 2.46. The van der Waals surface area contributed by atoms with Crippen LogP contribution in [0, 0.1) is 6.92 Å². The molecule has 0 aliphatic carbocycles. The summed E-state index contributed by atoms with van der Waals surface area (Å²) in [5.41, 5.74) is 8.06. The Labute approximate surface area is 116 Å². The molecule has 0 spiro atoms. The van der Waals surface area contributed by atoms with Gasteiger partial charge >= 0.3 is 0 Å². The van der Waals surface area contributed by atoms with E-state index in [1.165, 1.54) is 0 Å². The van der Waals surface area contributed by atoms with Crippen LogP contribution in [0.3, 0.4) is 0 Å². The van der Waals surface area contributed by atoms with E-state index in [1.807, 2.05) is 56.3 Å². The highest BCUT2D eigenvalue weighted by Gasteiger charge is 2.07. The monoisotopic (exact) mass is 305 g/mol. The average Bonchev–Trinajstić information content (AvgIpc) is 2.32. The number of ether oxygens (including phenoxy) is 1. The van der Waals surface area contributed by atoms with Crippen molar-refractivity contribution in [3.8, 4) is 11.5 Å². The van der Waals surface area contributed by atoms with Crippen molar-refractivity contribution >= 4 is 15.9 Å². The Morgan fingerprint density at radius 1 is 1.17 bits per heavy atom. The van der Waals surface area contributed by atoms with Crippen LogP contribution in [0.25, 0.3) is 0 Å². The lowest BCUT2D eigenvalue weighted by molar-refractivity contribution is 0.478. The molecule has 2 aromatic rings. The molecule has 0 aliphatic rings. The minimum atomic E-state index is 0.00638. The molecule has 0 aromatic heterocycles. The third kappa shape index (κ3) is 2.92. The van der Waals surface area contributed by atoms with Gasteiger partial charge in [0.1, 0.15) is 11.5 Å². The molecule has 94 valence electrons. The minimum absolute atomic E-state index is 0.00638. The van der Waals surface area contributed by atoms with Crippen LogP contribution in [-0.4, -0.2) is 0 Å². The number of aryl methyl sites for hydroxylation is 1. The highest BCUT2D eigenvalue weighted by molar-refractivity contribution is 9.10. The summed E-state index contributed by atoms with van der Waals surface area (Å²) in [5.74, 6) is 1.68. The van der Waals surface area contributed by atoms with Crippen LogP contribution in [0.5, 0.6) is 11.5 Å². The van der Waals surface area contributed by atoms with Crippen LogP contribution < -0.4 is 10.5 Å². The van der Waals surface area contributed by atoms with Gasteiger partial charge in [0.25, 0.3) is 0 Å². The van der Waals surface area contributed by atoms with Gasteiger partial charge in [0, 0.05) is 10.5 Å². The van der Waals surface area contributed by atoms with Gasteiger partial charge in [-0.25, -0.2) is 0 Å². The highest BCUT2D eigenvalue weighted by Crippen LogP contribution is 2.30. The van der Waals surface area contributed by atoms with Crippen LogP contribution >= 0.6 is 15.9 Å². The number of para-hydroxylation sites is 1. The van der Waals surface area contributed by atoms with Crippen LogP contribution in [0.2, 0.25) is 0 Å². The van der Waals surface area contributed by atoms with Crippen molar-refractivity contribution in [3.05, 3.63) is 58.1 Å². The predicted molar refractivity (Wildman–Crippen MR) is 78.0 cm³/mol. The van der Waals surface area contributed by atoms with Gasteiger partial charge in [0.2, 0.25) is 0 Å². The third-order valence-corrected chi connectivity index (χ3v) is 3.47. The summed E-state index contributed by atoms with van der Waals surface area (Å²) in [6, 6.07) is 13.8. The molecule has 3 heteroatoms. The van der Waals surface area contributed by atoms with Gasteiger partial charge in [-0.2, -0.15) is 0 Å². The number of hydrogen-bond donors (Lipinski definition) is 1. The fraction of sp³-hybridized carbons (Fsp3) is 0.200. The Balaban J connectivity index is 2.26. The first-order valence-electron chi connectivity index (χ1n) is 5.86. The number of halogens is 1. The summed E-state index contributed by atoms with van der Waals surface area (Å²) in [7, 11) is 0. The van der Waals surface area contributed by atoms with Crippen molar-refractivity contribution in [2.24, 2.45) is 5.73 Å². The van der Waals surface area contributed by atoms with E-state index in [-0.39, 0.29) is 6.04 Å². The maximum Gasteiger partial charge on any atom is 0.130 e. The third-order valence-electron chi connectivity index (χ3n) is 2.78. The van der Waals surface area contributed by atoms with Crippen molar-refractivity contribution in [2.45, 2.75) is 19.9 Å². The van der Waals surface area contributed by atoms with E-state index in [2.05, 4.69) is 15.9 Å². The molecule has 2 N–H and O–H groups in total. The van der Waals surface area contributed by atoms with Gasteiger partial charge in [-0.1, -0.05) is 40.2 Å². The van der Waals surface area contributed by atoms with Crippen molar-refractivity contribution in [1.29, 1.82) is 0 Å². The molecule has 0 fully saturated rings. The Morgan fingerprint density at radius 3 is 2.50 bits per heavy atom. The fourth-order valence-electron chi connectivity index (χ4n) is 1.74. The SMILES string of the molecule is Cc1ccccc1Oc1ccc(C(C)N)c(Br)c1. The molecule has 2 nitrogen and oxygen atoms in total. The molecule has 18 heavy (non-hydrogen) atoms. The van der Waals surface area contributed by atoms with Crippen LogP contribution in [0.1, 0.15) is 24.1 Å². The normalized spacial score (nSPS) is 12.2. The summed E-state index contributed by atoms with van der Waals surface area (Å²) >= 11 is 3.52. The summed E-state index contributed by atoms with van der Waals surface area (Å²) in [4.78, 5) is 0. The average molecular weight is 306 g/mol. The lowest BCUT2D eigenvalue weighted by Gasteiger charge is -2.12. The quantitative estimate of drug-likeness (QED) is 0.901. The molecule has 0 saturated carbocycles. The Morgan fingerprint density at radius 2 is 1.89 bits per heavy atom. The highest BCUT2D eigenvalue weighted by atomic mass is 79.9. The molecule has 0 bridgehead atoms. The molecule has 0 aliphatic heterocycles. The van der Waals surface area contributed by atoms with Gasteiger partial charge in [-0.3, -0.25) is 0 Å². The van der Waals surface area contributed by atoms with Gasteiger partial charge in [-0.15, -0.1) is 0 Å². The summed E-state index contributed by atoms with van der Waals surface area (Å²) < 4.78 is 6.83. The zero-order valence-electron chi connectivity index (χ0n) is 10.5. The Hall–Kier alpha value is -1.32. The van der Waals surface area contributed by atoms with Crippen LogP contribution in [0.15, 0.2) is 46.9 Å². The van der Waals surface area contributed by atoms with Crippen LogP contribution in [-0.2, 0) is 0 Å². The lowest BCUT2D eigenvalue weighted by Crippen LogP contribution is -2.05. The smallest absolute Gasteiger partial charge is 0.130 e. The predicted octanol–water partition coefficient (Wildman–Crippen LogP) is 4.57. The number of hydrogen-bond acceptors (Lipinski definition) is 2. The molecule has 0 saturated heterocycles. The van der Waals surface area contributed by atoms with Crippen molar-refractivity contribution in [2.75, 3.05) is 0 Å². The minimum Gasteiger partial charge on any atom is -0.457 e. The second-order valence-electron chi connectivity index (χ2n) is 4.34. The number of benzene rings is 2. The standard InChI is InChI=1S/C15H16BrNO/c1-10-5-3-4-6-15(10)18-12-7-8-13(11(2)17)14(16)9-12/h3-9,11H,17H2,1-2H3. The first-order chi connectivity index (χ1) is 8.58. The van der Waals surface area contributed by atoms with Crippen molar-refractivity contribution < 1.29 is 4.74 Å². The van der Waals surface area contributed by atoms with E-state index in [9.17, 15) is 0 Å². The maximum absolute atomic E-state index is 5.87. The first kappa shape index (κ1) is 13.1. The van der Waals surface area contributed by atoms with Crippen molar-refractivity contribution in [1.82, 2.24) is 0 Å². The summed E-state index contributed by atoms with van der Waals surface area (Å²) in [6.45, 7) is 3.99. The zero-order chi connectivity index (χ0) is 13.1. The lowest BCUT2D eigenvalue weighted by atomic mass is 10.1. The van der Waals surface area contributed by atoms with E-state index in [0.717, 1.165) is 27.1 Å². The molecule has 0 amide bonds. The van der Waals surface area contributed by atoms with E-state index in [0.29, 0.717) is 0 Å². The Kier molecular flexibility index (Phi) is 4.04. The molecule has 1 unspecified atom stereocenters. The van der Waals surface area contributed by atoms with Gasteiger partial charge in [-0.05, 0) is 43.2 Å². The molecule has 2 aromatic carbocycles. The Bertz CT molecular complexity index is 552. The summed E-state index contributed by atoms with van der Waals surface area (Å²) in [6.07, 6.45) is 0.